The van der Waals surface area contributed by atoms with Crippen LogP contribution >= 0.6 is 11.8 Å². The minimum absolute atomic E-state index is 0.0723. The molecule has 0 bridgehead atoms. The van der Waals surface area contributed by atoms with Gasteiger partial charge in [0, 0.05) is 36.5 Å². The molecule has 1 saturated heterocycles. The smallest absolute Gasteiger partial charge is 0.410 e. The lowest BCUT2D eigenvalue weighted by atomic mass is 9.84. The predicted octanol–water partition coefficient (Wildman–Crippen LogP) is 7.77. The largest absolute Gasteiger partial charge is 0.447 e. The zero-order valence-corrected chi connectivity index (χ0v) is 24.7. The Morgan fingerprint density at radius 3 is 1.98 bits per heavy atom. The molecule has 1 aliphatic rings. The van der Waals surface area contributed by atoms with Gasteiger partial charge < -0.3 is 15.0 Å². The molecule has 5 rings (SSSR count). The molecule has 42 heavy (non-hydrogen) atoms. The van der Waals surface area contributed by atoms with Crippen LogP contribution in [0.4, 0.5) is 13.6 Å². The highest BCUT2D eigenvalue weighted by Gasteiger charge is 2.44. The van der Waals surface area contributed by atoms with E-state index in [0.717, 1.165) is 28.8 Å². The Morgan fingerprint density at radius 1 is 0.905 bits per heavy atom. The van der Waals surface area contributed by atoms with Gasteiger partial charge in [0.25, 0.3) is 0 Å². The summed E-state index contributed by atoms with van der Waals surface area (Å²) in [4.78, 5) is 15.1. The SMILES string of the molecule is CC(C)OC(=O)N1C[C@H](SC(c2ccccc2)(c2ccccc2)c2ccccc2)C[C@H]1CNCc1cc(F)ccc1F. The lowest BCUT2D eigenvalue weighted by Gasteiger charge is -2.37. The second-order valence-corrected chi connectivity index (χ2v) is 12.4. The average molecular weight is 587 g/mol. The highest BCUT2D eigenvalue weighted by molar-refractivity contribution is 8.01. The molecule has 2 atom stereocenters. The molecule has 218 valence electrons. The normalized spacial score (nSPS) is 17.0. The highest BCUT2D eigenvalue weighted by Crippen LogP contribution is 2.52. The van der Waals surface area contributed by atoms with E-state index in [9.17, 15) is 13.6 Å². The third-order valence-corrected chi connectivity index (χ3v) is 9.27. The summed E-state index contributed by atoms with van der Waals surface area (Å²) in [5.41, 5.74) is 3.73. The first-order chi connectivity index (χ1) is 20.4. The third kappa shape index (κ3) is 6.69. The number of hydrogen-bond donors (Lipinski definition) is 1. The van der Waals surface area contributed by atoms with E-state index in [1.54, 1.807) is 4.90 Å². The summed E-state index contributed by atoms with van der Waals surface area (Å²) in [5, 5.41) is 3.34. The van der Waals surface area contributed by atoms with Crippen LogP contribution in [0.15, 0.2) is 109 Å². The molecule has 0 aliphatic carbocycles. The second-order valence-electron chi connectivity index (χ2n) is 10.9. The Hall–Kier alpha value is -3.68. The number of carbonyl (C=O) groups excluding carboxylic acids is 1. The number of hydrogen-bond acceptors (Lipinski definition) is 4. The molecule has 0 aromatic heterocycles. The summed E-state index contributed by atoms with van der Waals surface area (Å²) in [5.74, 6) is -0.940. The van der Waals surface area contributed by atoms with Gasteiger partial charge in [0.05, 0.1) is 10.9 Å². The first-order valence-electron chi connectivity index (χ1n) is 14.3. The van der Waals surface area contributed by atoms with Gasteiger partial charge >= 0.3 is 6.09 Å². The van der Waals surface area contributed by atoms with Crippen LogP contribution in [0.5, 0.6) is 0 Å². The fourth-order valence-corrected chi connectivity index (χ4v) is 7.54. The molecule has 1 amide bonds. The zero-order chi connectivity index (χ0) is 29.5. The van der Waals surface area contributed by atoms with Gasteiger partial charge in [0.1, 0.15) is 11.6 Å². The van der Waals surface area contributed by atoms with E-state index in [0.29, 0.717) is 19.5 Å². The van der Waals surface area contributed by atoms with Crippen molar-refractivity contribution in [2.75, 3.05) is 13.1 Å². The zero-order valence-electron chi connectivity index (χ0n) is 23.9. The van der Waals surface area contributed by atoms with Crippen molar-refractivity contribution in [3.05, 3.63) is 143 Å². The third-order valence-electron chi connectivity index (χ3n) is 7.53. The molecule has 4 nitrogen and oxygen atoms in total. The first-order valence-corrected chi connectivity index (χ1v) is 15.2. The van der Waals surface area contributed by atoms with E-state index in [4.69, 9.17) is 4.74 Å². The predicted molar refractivity (Wildman–Crippen MR) is 165 cm³/mol. The summed E-state index contributed by atoms with van der Waals surface area (Å²) >= 11 is 1.85. The summed E-state index contributed by atoms with van der Waals surface area (Å²) < 4.78 is 33.1. The average Bonchev–Trinajstić information content (AvgIpc) is 3.41. The van der Waals surface area contributed by atoms with Gasteiger partial charge in [-0.05, 0) is 55.2 Å². The van der Waals surface area contributed by atoms with Crippen molar-refractivity contribution in [1.29, 1.82) is 0 Å². The topological polar surface area (TPSA) is 41.6 Å². The number of ether oxygens (including phenoxy) is 1. The van der Waals surface area contributed by atoms with Gasteiger partial charge in [-0.25, -0.2) is 13.6 Å². The van der Waals surface area contributed by atoms with Crippen molar-refractivity contribution < 1.29 is 18.3 Å². The number of carbonyl (C=O) groups is 1. The summed E-state index contributed by atoms with van der Waals surface area (Å²) in [6.07, 6.45) is 0.0999. The molecule has 0 spiro atoms. The van der Waals surface area contributed by atoms with Gasteiger partial charge in [0.2, 0.25) is 0 Å². The van der Waals surface area contributed by atoms with Crippen molar-refractivity contribution in [3.63, 3.8) is 0 Å². The van der Waals surface area contributed by atoms with Crippen LogP contribution in [-0.4, -0.2) is 41.5 Å². The number of rotatable bonds is 10. The van der Waals surface area contributed by atoms with Crippen molar-refractivity contribution in [2.45, 2.75) is 49.0 Å². The second kappa shape index (κ2) is 13.5. The number of halogens is 2. The maximum Gasteiger partial charge on any atom is 0.410 e. The molecule has 4 aromatic carbocycles. The Morgan fingerprint density at radius 2 is 1.45 bits per heavy atom. The van der Waals surface area contributed by atoms with E-state index >= 15 is 0 Å². The van der Waals surface area contributed by atoms with E-state index in [1.807, 2.05) is 43.8 Å². The van der Waals surface area contributed by atoms with Crippen LogP contribution in [-0.2, 0) is 16.0 Å². The van der Waals surface area contributed by atoms with Crippen LogP contribution in [0.1, 0.15) is 42.5 Å². The fraction of sp³-hybridized carbons (Fsp3) is 0.286. The van der Waals surface area contributed by atoms with Crippen molar-refractivity contribution in [1.82, 2.24) is 10.2 Å². The van der Waals surface area contributed by atoms with Gasteiger partial charge in [0.15, 0.2) is 0 Å². The van der Waals surface area contributed by atoms with Gasteiger partial charge in [-0.1, -0.05) is 91.0 Å². The van der Waals surface area contributed by atoms with Crippen LogP contribution in [0, 0.1) is 11.6 Å². The van der Waals surface area contributed by atoms with E-state index in [-0.39, 0.29) is 35.6 Å². The van der Waals surface area contributed by atoms with E-state index < -0.39 is 16.4 Å². The molecule has 0 saturated carbocycles. The standard InChI is InChI=1S/C35H36F2N2O2S/c1-25(2)41-34(40)39-24-32(21-31(39)23-38-22-26-20-30(36)18-19-33(26)37)42-35(27-12-6-3-7-13-27,28-14-8-4-9-15-28)29-16-10-5-11-17-29/h3-20,25,31-32,38H,21-24H2,1-2H3/t31-,32+/m0/s1. The Labute approximate surface area is 251 Å². The van der Waals surface area contributed by atoms with E-state index in [2.05, 4.69) is 78.1 Å². The number of thioether (sulfide) groups is 1. The van der Waals surface area contributed by atoms with E-state index in [1.165, 1.54) is 6.07 Å². The van der Waals surface area contributed by atoms with Crippen molar-refractivity contribution in [3.8, 4) is 0 Å². The maximum absolute atomic E-state index is 14.3. The quantitative estimate of drug-likeness (QED) is 0.193. The van der Waals surface area contributed by atoms with Crippen LogP contribution < -0.4 is 5.32 Å². The summed E-state index contributed by atoms with van der Waals surface area (Å²) in [6, 6.07) is 34.7. The Kier molecular flexibility index (Phi) is 9.60. The minimum atomic E-state index is -0.519. The van der Waals surface area contributed by atoms with Gasteiger partial charge in [-0.3, -0.25) is 0 Å². The molecule has 1 aliphatic heterocycles. The van der Waals surface area contributed by atoms with Gasteiger partial charge in [-0.2, -0.15) is 0 Å². The number of nitrogens with zero attached hydrogens (tertiary/aromatic N) is 1. The maximum atomic E-state index is 14.3. The Bertz CT molecular complexity index is 1360. The number of benzene rings is 4. The molecule has 1 fully saturated rings. The lowest BCUT2D eigenvalue weighted by molar-refractivity contribution is 0.0731. The molecular formula is C35H36F2N2O2S. The summed E-state index contributed by atoms with van der Waals surface area (Å²) in [6.45, 7) is 4.77. The Balaban J connectivity index is 1.46. The van der Waals surface area contributed by atoms with Crippen LogP contribution in [0.2, 0.25) is 0 Å². The molecule has 0 radical (unpaired) electrons. The van der Waals surface area contributed by atoms with Crippen LogP contribution in [0.3, 0.4) is 0 Å². The molecule has 1 heterocycles. The van der Waals surface area contributed by atoms with Gasteiger partial charge in [-0.15, -0.1) is 11.8 Å². The fourth-order valence-electron chi connectivity index (χ4n) is 5.67. The highest BCUT2D eigenvalue weighted by atomic mass is 32.2. The minimum Gasteiger partial charge on any atom is -0.447 e. The molecule has 7 heteroatoms. The lowest BCUT2D eigenvalue weighted by Crippen LogP contribution is -2.42. The number of likely N-dealkylation sites (tertiary alicyclic amines) is 1. The monoisotopic (exact) mass is 586 g/mol. The molecule has 0 unspecified atom stereocenters. The first kappa shape index (κ1) is 29.8. The van der Waals surface area contributed by atoms with Crippen LogP contribution in [0.25, 0.3) is 0 Å². The number of nitrogens with one attached hydrogen (secondary N) is 1. The van der Waals surface area contributed by atoms with Crippen molar-refractivity contribution in [2.24, 2.45) is 0 Å². The number of amides is 1. The molecule has 4 aromatic rings. The summed E-state index contributed by atoms with van der Waals surface area (Å²) in [7, 11) is 0. The molecule has 1 N–H and O–H groups in total. The van der Waals surface area contributed by atoms with Crippen molar-refractivity contribution >= 4 is 17.9 Å². The molecular weight excluding hydrogens is 550 g/mol.